The molecule has 0 unspecified atom stereocenters. The number of aryl methyl sites for hydroxylation is 1. The molecule has 2 heterocycles. The summed E-state index contributed by atoms with van der Waals surface area (Å²) in [6.07, 6.45) is 5.42. The second-order valence-corrected chi connectivity index (χ2v) is 7.26. The van der Waals surface area contributed by atoms with Crippen molar-refractivity contribution < 1.29 is 14.4 Å². The monoisotopic (exact) mass is 367 g/mol. The molecule has 1 aromatic carbocycles. The molecule has 1 saturated carbocycles. The lowest BCUT2D eigenvalue weighted by Crippen LogP contribution is -2.34. The molecule has 0 radical (unpaired) electrons. The summed E-state index contributed by atoms with van der Waals surface area (Å²) in [4.78, 5) is 38.9. The van der Waals surface area contributed by atoms with E-state index in [1.165, 1.54) is 4.90 Å². The number of urea groups is 1. The van der Waals surface area contributed by atoms with Crippen molar-refractivity contribution in [3.8, 4) is 0 Å². The lowest BCUT2D eigenvalue weighted by molar-refractivity contribution is -0.125. The molecule has 1 saturated heterocycles. The van der Waals surface area contributed by atoms with Crippen molar-refractivity contribution in [2.75, 3.05) is 15.5 Å². The largest absolute Gasteiger partial charge is 0.324 e. The molecule has 27 heavy (non-hydrogen) atoms. The minimum atomic E-state index is -0.518. The van der Waals surface area contributed by atoms with E-state index in [1.54, 1.807) is 30.5 Å². The van der Waals surface area contributed by atoms with Gasteiger partial charge in [-0.15, -0.1) is 0 Å². The normalized spacial score (nSPS) is 18.3. The molecule has 1 spiro atoms. The molecular formula is C19H21N5O3. The summed E-state index contributed by atoms with van der Waals surface area (Å²) < 4.78 is 0. The number of hydrogen-bond acceptors (Lipinski definition) is 4. The highest BCUT2D eigenvalue weighted by Gasteiger charge is 2.53. The van der Waals surface area contributed by atoms with Crippen molar-refractivity contribution in [3.05, 3.63) is 36.0 Å². The molecule has 2 aliphatic rings. The van der Waals surface area contributed by atoms with Crippen LogP contribution in [-0.4, -0.2) is 28.0 Å². The molecule has 0 bridgehead atoms. The van der Waals surface area contributed by atoms with Crippen LogP contribution in [0.1, 0.15) is 37.7 Å². The molecular weight excluding hydrogens is 346 g/mol. The van der Waals surface area contributed by atoms with E-state index in [9.17, 15) is 14.4 Å². The van der Waals surface area contributed by atoms with Crippen molar-refractivity contribution >= 4 is 35.0 Å². The smallest absolute Gasteiger partial charge is 0.308 e. The number of aromatic amines is 1. The van der Waals surface area contributed by atoms with Gasteiger partial charge < -0.3 is 5.32 Å². The Balaban J connectivity index is 1.51. The number of imide groups is 1. The van der Waals surface area contributed by atoms with Crippen LogP contribution in [0.4, 0.5) is 22.0 Å². The summed E-state index contributed by atoms with van der Waals surface area (Å²) in [6.45, 7) is 1.82. The molecule has 4 amide bonds. The Morgan fingerprint density at radius 1 is 1.22 bits per heavy atom. The molecule has 2 aromatic rings. The molecule has 3 N–H and O–H groups in total. The highest BCUT2D eigenvalue weighted by Crippen LogP contribution is 2.48. The van der Waals surface area contributed by atoms with E-state index in [1.807, 2.05) is 6.92 Å². The van der Waals surface area contributed by atoms with E-state index in [2.05, 4.69) is 20.8 Å². The minimum absolute atomic E-state index is 0.111. The van der Waals surface area contributed by atoms with E-state index in [4.69, 9.17) is 0 Å². The number of carbonyl (C=O) groups excluding carboxylic acids is 3. The number of amides is 4. The van der Waals surface area contributed by atoms with Crippen molar-refractivity contribution in [2.24, 2.45) is 5.41 Å². The Morgan fingerprint density at radius 3 is 2.70 bits per heavy atom. The number of nitrogens with zero attached hydrogens (tertiary/aromatic N) is 2. The molecule has 8 nitrogen and oxygen atoms in total. The van der Waals surface area contributed by atoms with Crippen LogP contribution in [0, 0.1) is 12.3 Å². The molecule has 140 valence electrons. The lowest BCUT2D eigenvalue weighted by atomic mass is 9.84. The predicted octanol–water partition coefficient (Wildman–Crippen LogP) is 3.19. The number of H-pyrrole nitrogens is 1. The molecule has 8 heteroatoms. The molecule has 0 atom stereocenters. The second kappa shape index (κ2) is 6.53. The van der Waals surface area contributed by atoms with E-state index >= 15 is 0 Å². The van der Waals surface area contributed by atoms with Gasteiger partial charge in [0.05, 0.1) is 17.3 Å². The maximum atomic E-state index is 12.9. The Bertz CT molecular complexity index is 914. The first kappa shape index (κ1) is 17.3. The van der Waals surface area contributed by atoms with Crippen molar-refractivity contribution in [1.29, 1.82) is 0 Å². The summed E-state index contributed by atoms with van der Waals surface area (Å²) in [5, 5.41) is 11.9. The third-order valence-electron chi connectivity index (χ3n) is 5.39. The topological polar surface area (TPSA) is 107 Å². The van der Waals surface area contributed by atoms with Crippen molar-refractivity contribution in [2.45, 2.75) is 39.0 Å². The van der Waals surface area contributed by atoms with Crippen LogP contribution in [0.3, 0.4) is 0 Å². The van der Waals surface area contributed by atoms with E-state index in [0.717, 1.165) is 31.2 Å². The van der Waals surface area contributed by atoms with Crippen LogP contribution in [0.2, 0.25) is 0 Å². The third-order valence-corrected chi connectivity index (χ3v) is 5.39. The van der Waals surface area contributed by atoms with E-state index < -0.39 is 11.4 Å². The highest BCUT2D eigenvalue weighted by molar-refractivity contribution is 6.22. The van der Waals surface area contributed by atoms with Gasteiger partial charge in [0.2, 0.25) is 11.8 Å². The maximum absolute atomic E-state index is 12.9. The van der Waals surface area contributed by atoms with Gasteiger partial charge in [-0.25, -0.2) is 9.69 Å². The van der Waals surface area contributed by atoms with Gasteiger partial charge in [-0.05, 0) is 38.0 Å². The molecule has 4 rings (SSSR count). The van der Waals surface area contributed by atoms with Crippen LogP contribution < -0.4 is 15.5 Å². The van der Waals surface area contributed by atoms with Crippen LogP contribution in [0.15, 0.2) is 30.5 Å². The first-order chi connectivity index (χ1) is 13.0. The lowest BCUT2D eigenvalue weighted by Gasteiger charge is -2.21. The number of aromatic nitrogens is 2. The average Bonchev–Trinajstić information content (AvgIpc) is 3.31. The van der Waals surface area contributed by atoms with Gasteiger partial charge in [-0.3, -0.25) is 20.0 Å². The molecule has 1 aliphatic heterocycles. The Morgan fingerprint density at radius 2 is 2.00 bits per heavy atom. The van der Waals surface area contributed by atoms with Crippen LogP contribution >= 0.6 is 0 Å². The number of benzene rings is 1. The Labute approximate surface area is 156 Å². The fourth-order valence-electron chi connectivity index (χ4n) is 3.97. The number of nitrogens with one attached hydrogen (secondary N) is 3. The van der Waals surface area contributed by atoms with E-state index in [0.29, 0.717) is 17.2 Å². The molecule has 2 fully saturated rings. The fourth-order valence-corrected chi connectivity index (χ4v) is 3.97. The highest BCUT2D eigenvalue weighted by atomic mass is 16.2. The number of hydrogen-bond donors (Lipinski definition) is 3. The van der Waals surface area contributed by atoms with Gasteiger partial charge in [0.15, 0.2) is 0 Å². The fraction of sp³-hybridized carbons (Fsp3) is 0.368. The summed E-state index contributed by atoms with van der Waals surface area (Å²) in [7, 11) is 0. The summed E-state index contributed by atoms with van der Waals surface area (Å²) in [6, 6.07) is 6.34. The summed E-state index contributed by atoms with van der Waals surface area (Å²) >= 11 is 0. The van der Waals surface area contributed by atoms with Crippen LogP contribution in [-0.2, 0) is 9.59 Å². The first-order valence-corrected chi connectivity index (χ1v) is 9.04. The minimum Gasteiger partial charge on any atom is -0.308 e. The molecule has 1 aromatic heterocycles. The van der Waals surface area contributed by atoms with Gasteiger partial charge in [0, 0.05) is 17.7 Å². The van der Waals surface area contributed by atoms with Gasteiger partial charge >= 0.3 is 6.03 Å². The zero-order valence-corrected chi connectivity index (χ0v) is 15.0. The summed E-state index contributed by atoms with van der Waals surface area (Å²) in [5.41, 5.74) is 1.28. The summed E-state index contributed by atoms with van der Waals surface area (Å²) in [5.74, 6) is 0.230. The zero-order chi connectivity index (χ0) is 19.0. The Kier molecular flexibility index (Phi) is 4.18. The zero-order valence-electron chi connectivity index (χ0n) is 15.0. The average molecular weight is 367 g/mol. The third kappa shape index (κ3) is 3.07. The van der Waals surface area contributed by atoms with Crippen LogP contribution in [0.5, 0.6) is 0 Å². The maximum Gasteiger partial charge on any atom is 0.324 e. The van der Waals surface area contributed by atoms with Crippen molar-refractivity contribution in [3.63, 3.8) is 0 Å². The first-order valence-electron chi connectivity index (χ1n) is 9.04. The van der Waals surface area contributed by atoms with Gasteiger partial charge in [-0.1, -0.05) is 18.9 Å². The SMILES string of the molecule is Cc1cn[nH]c1NC(=O)Nc1cccc(N2C(=O)CC3(CCCC3)C2=O)c1. The predicted molar refractivity (Wildman–Crippen MR) is 100 cm³/mol. The quantitative estimate of drug-likeness (QED) is 0.724. The van der Waals surface area contributed by atoms with E-state index in [-0.39, 0.29) is 18.2 Å². The number of carbonyl (C=O) groups is 3. The van der Waals surface area contributed by atoms with Gasteiger partial charge in [0.25, 0.3) is 0 Å². The number of rotatable bonds is 3. The van der Waals surface area contributed by atoms with Crippen LogP contribution in [0.25, 0.3) is 0 Å². The van der Waals surface area contributed by atoms with Gasteiger partial charge in [-0.2, -0.15) is 5.10 Å². The number of anilines is 3. The Hall–Kier alpha value is -3.16. The van der Waals surface area contributed by atoms with Crippen molar-refractivity contribution in [1.82, 2.24) is 10.2 Å². The standard InChI is InChI=1S/C19H21N5O3/c1-12-11-20-23-16(12)22-18(27)21-13-5-4-6-14(9-13)24-15(25)10-19(17(24)26)7-2-3-8-19/h4-6,9,11H,2-3,7-8,10H2,1H3,(H3,20,21,22,23,27). The second-order valence-electron chi connectivity index (χ2n) is 7.26. The molecule has 1 aliphatic carbocycles. The van der Waals surface area contributed by atoms with Gasteiger partial charge in [0.1, 0.15) is 5.82 Å².